The van der Waals surface area contributed by atoms with E-state index in [0.717, 1.165) is 15.8 Å². The number of benzene rings is 1. The van der Waals surface area contributed by atoms with Crippen LogP contribution in [0.5, 0.6) is 0 Å². The highest BCUT2D eigenvalue weighted by molar-refractivity contribution is 9.10. The molecule has 10 heteroatoms. The molecule has 0 atom stereocenters. The van der Waals surface area contributed by atoms with E-state index in [4.69, 9.17) is 4.42 Å². The van der Waals surface area contributed by atoms with Crippen molar-refractivity contribution < 1.29 is 22.4 Å². The highest BCUT2D eigenvalue weighted by atomic mass is 79.9. The standard InChI is InChI=1S/C17H13BrN2O5S2/c1-9-15(10(2)21)26-17(19-9)20-16(22)13-7-8-14(25-13)27(23,24)12-5-3-11(18)4-6-12/h3-8H,1-2H3,(H,19,20,22). The van der Waals surface area contributed by atoms with Crippen molar-refractivity contribution in [2.24, 2.45) is 0 Å². The first-order valence-corrected chi connectivity index (χ1v) is 10.7. The van der Waals surface area contributed by atoms with Crippen LogP contribution in [0, 0.1) is 6.92 Å². The fourth-order valence-electron chi connectivity index (χ4n) is 2.25. The van der Waals surface area contributed by atoms with E-state index in [1.165, 1.54) is 31.2 Å². The molecule has 0 aliphatic rings. The molecule has 0 unspecified atom stereocenters. The number of nitrogens with zero attached hydrogens (tertiary/aromatic N) is 1. The minimum Gasteiger partial charge on any atom is -0.439 e. The predicted molar refractivity (Wildman–Crippen MR) is 103 cm³/mol. The Morgan fingerprint density at radius 2 is 1.81 bits per heavy atom. The summed E-state index contributed by atoms with van der Waals surface area (Å²) < 4.78 is 31.1. The second kappa shape index (κ2) is 7.37. The molecule has 2 aromatic heterocycles. The molecule has 0 saturated carbocycles. The lowest BCUT2D eigenvalue weighted by Gasteiger charge is -2.01. The average molecular weight is 469 g/mol. The topological polar surface area (TPSA) is 106 Å². The van der Waals surface area contributed by atoms with Crippen molar-refractivity contribution >= 4 is 53.9 Å². The number of Topliss-reactive ketones (excluding diaryl/α,β-unsaturated/α-hetero) is 1. The van der Waals surface area contributed by atoms with Gasteiger partial charge in [0.2, 0.25) is 14.9 Å². The van der Waals surface area contributed by atoms with Gasteiger partial charge in [-0.15, -0.1) is 0 Å². The van der Waals surface area contributed by atoms with Gasteiger partial charge in [-0.3, -0.25) is 14.9 Å². The SMILES string of the molecule is CC(=O)c1sc(NC(=O)c2ccc(S(=O)(=O)c3ccc(Br)cc3)o2)nc1C. The van der Waals surface area contributed by atoms with Crippen LogP contribution in [0.25, 0.3) is 0 Å². The Morgan fingerprint density at radius 3 is 2.41 bits per heavy atom. The Bertz CT molecular complexity index is 1130. The zero-order valence-electron chi connectivity index (χ0n) is 14.1. The number of carbonyl (C=O) groups is 2. The number of thiazole rings is 1. The quantitative estimate of drug-likeness (QED) is 0.564. The van der Waals surface area contributed by atoms with Crippen molar-refractivity contribution in [1.82, 2.24) is 4.98 Å². The molecule has 0 saturated heterocycles. The van der Waals surface area contributed by atoms with Gasteiger partial charge < -0.3 is 4.42 Å². The molecule has 3 aromatic rings. The van der Waals surface area contributed by atoms with Crippen molar-refractivity contribution in [3.8, 4) is 0 Å². The Kier molecular flexibility index (Phi) is 5.31. The van der Waals surface area contributed by atoms with Crippen LogP contribution in [0.1, 0.15) is 32.8 Å². The van der Waals surface area contributed by atoms with Gasteiger partial charge in [-0.25, -0.2) is 13.4 Å². The van der Waals surface area contributed by atoms with Gasteiger partial charge in [-0.2, -0.15) is 0 Å². The molecule has 1 amide bonds. The molecule has 140 valence electrons. The first kappa shape index (κ1) is 19.5. The summed E-state index contributed by atoms with van der Waals surface area (Å²) in [6.45, 7) is 3.08. The number of rotatable bonds is 5. The van der Waals surface area contributed by atoms with E-state index >= 15 is 0 Å². The number of aryl methyl sites for hydroxylation is 1. The summed E-state index contributed by atoms with van der Waals surface area (Å²) in [6, 6.07) is 8.56. The van der Waals surface area contributed by atoms with Crippen molar-refractivity contribution in [1.29, 1.82) is 0 Å². The number of furan rings is 1. The molecule has 1 aromatic carbocycles. The van der Waals surface area contributed by atoms with Gasteiger partial charge in [0.25, 0.3) is 5.91 Å². The molecule has 0 radical (unpaired) electrons. The lowest BCUT2D eigenvalue weighted by atomic mass is 10.3. The summed E-state index contributed by atoms with van der Waals surface area (Å²) in [5, 5.41) is 2.40. The number of carbonyl (C=O) groups excluding carboxylic acids is 2. The summed E-state index contributed by atoms with van der Waals surface area (Å²) in [7, 11) is -3.88. The number of anilines is 1. The summed E-state index contributed by atoms with van der Waals surface area (Å²) >= 11 is 4.29. The third-order valence-corrected chi connectivity index (χ3v) is 6.88. The largest absolute Gasteiger partial charge is 0.439 e. The van der Waals surface area contributed by atoms with Gasteiger partial charge in [-0.05, 0) is 43.3 Å². The number of hydrogen-bond acceptors (Lipinski definition) is 7. The van der Waals surface area contributed by atoms with Crippen LogP contribution >= 0.6 is 27.3 Å². The van der Waals surface area contributed by atoms with Crippen LogP contribution in [0.3, 0.4) is 0 Å². The van der Waals surface area contributed by atoms with E-state index in [-0.39, 0.29) is 26.7 Å². The Balaban J connectivity index is 1.82. The number of hydrogen-bond donors (Lipinski definition) is 1. The fraction of sp³-hybridized carbons (Fsp3) is 0.118. The summed E-state index contributed by atoms with van der Waals surface area (Å²) in [5.74, 6) is -0.981. The van der Waals surface area contributed by atoms with Gasteiger partial charge in [0.05, 0.1) is 15.5 Å². The molecule has 3 rings (SSSR count). The number of ketones is 1. The molecule has 0 fully saturated rings. The monoisotopic (exact) mass is 468 g/mol. The highest BCUT2D eigenvalue weighted by Crippen LogP contribution is 2.26. The molecule has 27 heavy (non-hydrogen) atoms. The maximum Gasteiger partial charge on any atom is 0.293 e. The van der Waals surface area contributed by atoms with Crippen LogP contribution in [-0.4, -0.2) is 25.1 Å². The first-order chi connectivity index (χ1) is 12.7. The molecule has 1 N–H and O–H groups in total. The first-order valence-electron chi connectivity index (χ1n) is 7.58. The van der Waals surface area contributed by atoms with E-state index in [1.54, 1.807) is 19.1 Å². The molecule has 0 bridgehead atoms. The van der Waals surface area contributed by atoms with Crippen LogP contribution < -0.4 is 5.32 Å². The van der Waals surface area contributed by atoms with Crippen LogP contribution in [-0.2, 0) is 9.84 Å². The molecule has 0 aliphatic heterocycles. The number of nitrogens with one attached hydrogen (secondary N) is 1. The van der Waals surface area contributed by atoms with Crippen molar-refractivity contribution in [3.63, 3.8) is 0 Å². The van der Waals surface area contributed by atoms with Crippen molar-refractivity contribution in [3.05, 3.63) is 57.2 Å². The molecule has 2 heterocycles. The van der Waals surface area contributed by atoms with E-state index < -0.39 is 15.7 Å². The number of halogens is 1. The fourth-order valence-corrected chi connectivity index (χ4v) is 4.55. The summed E-state index contributed by atoms with van der Waals surface area (Å²) in [5.41, 5.74) is 0.515. The highest BCUT2D eigenvalue weighted by Gasteiger charge is 2.24. The minimum atomic E-state index is -3.88. The third-order valence-electron chi connectivity index (χ3n) is 3.53. The minimum absolute atomic E-state index is 0.0497. The average Bonchev–Trinajstić information content (AvgIpc) is 3.22. The Morgan fingerprint density at radius 1 is 1.15 bits per heavy atom. The van der Waals surface area contributed by atoms with Gasteiger partial charge >= 0.3 is 0 Å². The Labute approximate surface area is 167 Å². The van der Waals surface area contributed by atoms with Gasteiger partial charge in [0.1, 0.15) is 0 Å². The number of sulfone groups is 1. The normalized spacial score (nSPS) is 11.4. The molecule has 0 spiro atoms. The van der Waals surface area contributed by atoms with E-state index in [0.29, 0.717) is 10.6 Å². The van der Waals surface area contributed by atoms with Crippen LogP contribution in [0.4, 0.5) is 5.13 Å². The molecular formula is C17H13BrN2O5S2. The number of amides is 1. The Hall–Kier alpha value is -2.30. The zero-order valence-corrected chi connectivity index (χ0v) is 17.4. The van der Waals surface area contributed by atoms with Crippen molar-refractivity contribution in [2.45, 2.75) is 23.8 Å². The summed E-state index contributed by atoms with van der Waals surface area (Å²) in [6.07, 6.45) is 0. The summed E-state index contributed by atoms with van der Waals surface area (Å²) in [4.78, 5) is 28.4. The van der Waals surface area contributed by atoms with Crippen LogP contribution in [0.2, 0.25) is 0 Å². The van der Waals surface area contributed by atoms with Crippen LogP contribution in [0.15, 0.2) is 55.3 Å². The maximum atomic E-state index is 12.6. The van der Waals surface area contributed by atoms with E-state index in [2.05, 4.69) is 26.2 Å². The molecule has 0 aliphatic carbocycles. The number of aromatic nitrogens is 1. The van der Waals surface area contributed by atoms with Gasteiger partial charge in [0, 0.05) is 11.4 Å². The molecular weight excluding hydrogens is 456 g/mol. The second-order valence-electron chi connectivity index (χ2n) is 5.52. The maximum absolute atomic E-state index is 12.6. The van der Waals surface area contributed by atoms with Gasteiger partial charge in [0.15, 0.2) is 16.7 Å². The third kappa shape index (κ3) is 4.02. The van der Waals surface area contributed by atoms with Gasteiger partial charge in [-0.1, -0.05) is 27.3 Å². The predicted octanol–water partition coefficient (Wildman–Crippen LogP) is 4.09. The second-order valence-corrected chi connectivity index (χ2v) is 9.32. The smallest absolute Gasteiger partial charge is 0.293 e. The lowest BCUT2D eigenvalue weighted by Crippen LogP contribution is -2.10. The van der Waals surface area contributed by atoms with Crippen molar-refractivity contribution in [2.75, 3.05) is 5.32 Å². The zero-order chi connectivity index (χ0) is 19.8. The lowest BCUT2D eigenvalue weighted by molar-refractivity contribution is 0.0989. The van der Waals surface area contributed by atoms with E-state index in [9.17, 15) is 18.0 Å². The molecule has 7 nitrogen and oxygen atoms in total. The van der Waals surface area contributed by atoms with E-state index in [1.807, 2.05) is 0 Å².